The zero-order valence-corrected chi connectivity index (χ0v) is 21.6. The third-order valence-corrected chi connectivity index (χ3v) is 6.68. The average molecular weight is 454 g/mol. The molecule has 1 fully saturated rings. The van der Waals surface area contributed by atoms with Crippen LogP contribution in [0.25, 0.3) is 0 Å². The molecule has 1 saturated heterocycles. The monoisotopic (exact) mass is 453 g/mol. The Morgan fingerprint density at radius 3 is 1.78 bits per heavy atom. The van der Waals surface area contributed by atoms with Crippen LogP contribution in [-0.4, -0.2) is 57.1 Å². The third kappa shape index (κ3) is 14.9. The highest BCUT2D eigenvalue weighted by atomic mass is 16.5. The number of hydrogen-bond acceptors (Lipinski definition) is 3. The molecular formula is C27H53N2O3+. The highest BCUT2D eigenvalue weighted by molar-refractivity contribution is 5.86. The molecule has 0 spiro atoms. The van der Waals surface area contributed by atoms with Crippen molar-refractivity contribution in [1.82, 2.24) is 4.90 Å². The molecule has 188 valence electrons. The molecule has 5 heteroatoms. The molecule has 0 aromatic carbocycles. The van der Waals surface area contributed by atoms with Crippen molar-refractivity contribution in [3.05, 3.63) is 0 Å². The van der Waals surface area contributed by atoms with Crippen LogP contribution in [0.2, 0.25) is 0 Å². The van der Waals surface area contributed by atoms with Gasteiger partial charge in [0.05, 0.1) is 20.0 Å². The number of esters is 1. The average Bonchev–Trinajstić information content (AvgIpc) is 3.13. The smallest absolute Gasteiger partial charge is 0.311 e. The van der Waals surface area contributed by atoms with Crippen molar-refractivity contribution in [1.29, 1.82) is 0 Å². The molecule has 0 aromatic heterocycles. The Hall–Kier alpha value is -1.10. The maximum Gasteiger partial charge on any atom is 0.311 e. The van der Waals surface area contributed by atoms with Gasteiger partial charge in [-0.2, -0.15) is 0 Å². The number of nitrogens with one attached hydrogen (secondary N) is 1. The van der Waals surface area contributed by atoms with Gasteiger partial charge >= 0.3 is 5.97 Å². The first-order valence-corrected chi connectivity index (χ1v) is 13.8. The normalized spacial score (nSPS) is 16.3. The topological polar surface area (TPSA) is 51.1 Å². The summed E-state index contributed by atoms with van der Waals surface area (Å²) in [6, 6.07) is 0. The van der Waals surface area contributed by atoms with Gasteiger partial charge in [-0.15, -0.1) is 0 Å². The van der Waals surface area contributed by atoms with Crippen molar-refractivity contribution in [2.24, 2.45) is 5.92 Å². The maximum atomic E-state index is 12.2. The van der Waals surface area contributed by atoms with E-state index < -0.39 is 0 Å². The van der Waals surface area contributed by atoms with Crippen LogP contribution in [0.15, 0.2) is 0 Å². The molecule has 32 heavy (non-hydrogen) atoms. The van der Waals surface area contributed by atoms with E-state index in [2.05, 4.69) is 6.92 Å². The van der Waals surface area contributed by atoms with Gasteiger partial charge in [-0.05, 0) is 6.42 Å². The number of likely N-dealkylation sites (tertiary alicyclic amines) is 1. The Balaban J connectivity index is 1.89. The SMILES string of the molecule is CCCCCCCCCCCCCCCCCCN1CC(C(=O)OCC[NH+](C)C)CC1=O. The van der Waals surface area contributed by atoms with E-state index >= 15 is 0 Å². The van der Waals surface area contributed by atoms with Crippen molar-refractivity contribution in [3.63, 3.8) is 0 Å². The second kappa shape index (κ2) is 19.4. The predicted octanol–water partition coefficient (Wildman–Crippen LogP) is 4.78. The van der Waals surface area contributed by atoms with Crippen LogP contribution in [0.1, 0.15) is 116 Å². The Kier molecular flexibility index (Phi) is 17.5. The van der Waals surface area contributed by atoms with E-state index in [1.54, 1.807) is 0 Å². The van der Waals surface area contributed by atoms with Crippen LogP contribution in [0.3, 0.4) is 0 Å². The fourth-order valence-electron chi connectivity index (χ4n) is 4.47. The molecule has 0 bridgehead atoms. The number of ether oxygens (including phenoxy) is 1. The molecule has 1 rings (SSSR count). The number of quaternary nitrogens is 1. The Morgan fingerprint density at radius 1 is 0.844 bits per heavy atom. The van der Waals surface area contributed by atoms with E-state index in [4.69, 9.17) is 4.74 Å². The summed E-state index contributed by atoms with van der Waals surface area (Å²) in [6.07, 6.45) is 22.0. The zero-order chi connectivity index (χ0) is 23.4. The number of unbranched alkanes of at least 4 members (excludes halogenated alkanes) is 15. The lowest BCUT2D eigenvalue weighted by molar-refractivity contribution is -0.858. The number of carbonyl (C=O) groups is 2. The lowest BCUT2D eigenvalue weighted by Gasteiger charge is -2.16. The Morgan fingerprint density at radius 2 is 1.31 bits per heavy atom. The summed E-state index contributed by atoms with van der Waals surface area (Å²) >= 11 is 0. The Labute approximate surface area is 198 Å². The van der Waals surface area contributed by atoms with E-state index in [0.717, 1.165) is 19.5 Å². The summed E-state index contributed by atoms with van der Waals surface area (Å²) in [4.78, 5) is 27.4. The lowest BCUT2D eigenvalue weighted by Crippen LogP contribution is -3.06. The summed E-state index contributed by atoms with van der Waals surface area (Å²) in [6.45, 7) is 4.86. The highest BCUT2D eigenvalue weighted by Gasteiger charge is 2.34. The van der Waals surface area contributed by atoms with Crippen LogP contribution in [-0.2, 0) is 14.3 Å². The van der Waals surface area contributed by atoms with Crippen molar-refractivity contribution in [2.75, 3.05) is 40.3 Å². The van der Waals surface area contributed by atoms with Crippen LogP contribution in [0.5, 0.6) is 0 Å². The zero-order valence-electron chi connectivity index (χ0n) is 21.6. The van der Waals surface area contributed by atoms with Gasteiger partial charge < -0.3 is 14.5 Å². The fourth-order valence-corrected chi connectivity index (χ4v) is 4.47. The summed E-state index contributed by atoms with van der Waals surface area (Å²) in [5.41, 5.74) is 0. The second-order valence-electron chi connectivity index (χ2n) is 10.2. The quantitative estimate of drug-likeness (QED) is 0.201. The van der Waals surface area contributed by atoms with Crippen LogP contribution >= 0.6 is 0 Å². The molecule has 1 unspecified atom stereocenters. The second-order valence-corrected chi connectivity index (χ2v) is 10.2. The number of amides is 1. The first kappa shape index (κ1) is 28.9. The molecule has 1 heterocycles. The van der Waals surface area contributed by atoms with E-state index in [-0.39, 0.29) is 17.8 Å². The number of rotatable bonds is 21. The summed E-state index contributed by atoms with van der Waals surface area (Å²) in [7, 11) is 4.07. The summed E-state index contributed by atoms with van der Waals surface area (Å²) in [5.74, 6) is -0.346. The standard InChI is InChI=1S/C27H52N2O3/c1-4-5-6-7-8-9-10-11-12-13-14-15-16-17-18-19-20-29-24-25(23-26(29)30)27(31)32-22-21-28(2)3/h25H,4-24H2,1-3H3/p+1. The van der Waals surface area contributed by atoms with E-state index in [9.17, 15) is 9.59 Å². The molecule has 0 aromatic rings. The van der Waals surface area contributed by atoms with Crippen molar-refractivity contribution >= 4 is 11.9 Å². The number of likely N-dealkylation sites (N-methyl/N-ethyl adjacent to an activating group) is 1. The van der Waals surface area contributed by atoms with Gasteiger partial charge in [0.15, 0.2) is 0 Å². The maximum absolute atomic E-state index is 12.2. The minimum atomic E-state index is -0.263. The highest BCUT2D eigenvalue weighted by Crippen LogP contribution is 2.20. The first-order valence-electron chi connectivity index (χ1n) is 13.8. The molecule has 1 aliphatic heterocycles. The van der Waals surface area contributed by atoms with Gasteiger partial charge in [0, 0.05) is 19.5 Å². The fraction of sp³-hybridized carbons (Fsp3) is 0.926. The Bertz CT molecular complexity index is 482. The van der Waals surface area contributed by atoms with Gasteiger partial charge in [0.2, 0.25) is 5.91 Å². The van der Waals surface area contributed by atoms with E-state index in [1.165, 1.54) is 101 Å². The van der Waals surface area contributed by atoms with Crippen LogP contribution < -0.4 is 4.90 Å². The van der Waals surface area contributed by atoms with E-state index in [1.807, 2.05) is 19.0 Å². The molecule has 1 atom stereocenters. The molecular weight excluding hydrogens is 400 g/mol. The van der Waals surface area contributed by atoms with Gasteiger partial charge in [0.1, 0.15) is 13.2 Å². The van der Waals surface area contributed by atoms with Crippen molar-refractivity contribution < 1.29 is 19.2 Å². The first-order chi connectivity index (χ1) is 15.5. The molecule has 1 aliphatic rings. The number of hydrogen-bond donors (Lipinski definition) is 1. The number of carbonyl (C=O) groups excluding carboxylic acids is 2. The van der Waals surface area contributed by atoms with Gasteiger partial charge in [0.25, 0.3) is 0 Å². The van der Waals surface area contributed by atoms with Gasteiger partial charge in [-0.25, -0.2) is 0 Å². The molecule has 0 saturated carbocycles. The minimum absolute atomic E-state index is 0.117. The summed E-state index contributed by atoms with van der Waals surface area (Å²) < 4.78 is 5.33. The largest absolute Gasteiger partial charge is 0.459 e. The van der Waals surface area contributed by atoms with Crippen molar-refractivity contribution in [3.8, 4) is 0 Å². The molecule has 0 aliphatic carbocycles. The summed E-state index contributed by atoms with van der Waals surface area (Å²) in [5, 5.41) is 0. The molecule has 0 radical (unpaired) electrons. The third-order valence-electron chi connectivity index (χ3n) is 6.68. The van der Waals surface area contributed by atoms with Gasteiger partial charge in [-0.1, -0.05) is 103 Å². The van der Waals surface area contributed by atoms with Crippen LogP contribution in [0, 0.1) is 5.92 Å². The lowest BCUT2D eigenvalue weighted by atomic mass is 10.0. The number of nitrogens with zero attached hydrogens (tertiary/aromatic N) is 1. The molecule has 1 amide bonds. The predicted molar refractivity (Wildman–Crippen MR) is 133 cm³/mol. The minimum Gasteiger partial charge on any atom is -0.459 e. The molecule has 5 nitrogen and oxygen atoms in total. The van der Waals surface area contributed by atoms with Gasteiger partial charge in [-0.3, -0.25) is 9.59 Å². The van der Waals surface area contributed by atoms with E-state index in [0.29, 0.717) is 19.6 Å². The van der Waals surface area contributed by atoms with Crippen LogP contribution in [0.4, 0.5) is 0 Å². The molecule has 1 N–H and O–H groups in total. The van der Waals surface area contributed by atoms with Crippen molar-refractivity contribution in [2.45, 2.75) is 116 Å².